The van der Waals surface area contributed by atoms with Crippen LogP contribution >= 0.6 is 11.8 Å². The highest BCUT2D eigenvalue weighted by Crippen LogP contribution is 2.22. The lowest BCUT2D eigenvalue weighted by Gasteiger charge is -2.11. The monoisotopic (exact) mass is 333 g/mol. The molecule has 0 saturated carbocycles. The minimum absolute atomic E-state index is 0.0333. The second kappa shape index (κ2) is 7.05. The number of hydrogen-bond donors (Lipinski definition) is 2. The van der Waals surface area contributed by atoms with E-state index in [0.29, 0.717) is 16.7 Å². The fourth-order valence-electron chi connectivity index (χ4n) is 1.74. The number of thioether (sulfide) groups is 1. The molecule has 3 N–H and O–H groups in total. The Morgan fingerprint density at radius 2 is 2.00 bits per heavy atom. The van der Waals surface area contributed by atoms with E-state index in [1.165, 1.54) is 36.0 Å². The molecule has 0 fully saturated rings. The van der Waals surface area contributed by atoms with Gasteiger partial charge in [0.15, 0.2) is 5.16 Å². The highest BCUT2D eigenvalue weighted by molar-refractivity contribution is 8.00. The Balaban J connectivity index is 2.00. The third kappa shape index (κ3) is 4.65. The van der Waals surface area contributed by atoms with Crippen molar-refractivity contribution in [2.75, 3.05) is 11.1 Å². The van der Waals surface area contributed by atoms with Crippen molar-refractivity contribution in [2.45, 2.75) is 24.3 Å². The molecule has 0 spiro atoms. The Bertz CT molecular complexity index is 715. The van der Waals surface area contributed by atoms with Gasteiger partial charge in [-0.15, -0.1) is 0 Å². The molecule has 0 radical (unpaired) electrons. The van der Waals surface area contributed by atoms with Crippen LogP contribution in [-0.2, 0) is 4.79 Å². The van der Waals surface area contributed by atoms with Crippen LogP contribution in [0.3, 0.4) is 0 Å². The average molecular weight is 333 g/mol. The first-order valence-corrected chi connectivity index (χ1v) is 7.56. The van der Waals surface area contributed by atoms with Crippen LogP contribution in [0.25, 0.3) is 0 Å². The number of rotatable bonds is 5. The number of nitrogens with one attached hydrogen (secondary N) is 1. The number of nitrogens with zero attached hydrogens (tertiary/aromatic N) is 3. The number of aryl methyl sites for hydroxylation is 1. The van der Waals surface area contributed by atoms with Crippen molar-refractivity contribution in [1.29, 1.82) is 0 Å². The molecule has 0 aliphatic heterocycles. The van der Waals surface area contributed by atoms with Crippen LogP contribution < -0.4 is 11.1 Å². The summed E-state index contributed by atoms with van der Waals surface area (Å²) < 4.78 is 0. The Morgan fingerprint density at radius 3 is 2.57 bits per heavy atom. The van der Waals surface area contributed by atoms with E-state index in [0.717, 1.165) is 5.69 Å². The molecule has 1 atom stereocenters. The average Bonchev–Trinajstić information content (AvgIpc) is 2.46. The molecule has 0 bridgehead atoms. The number of benzene rings is 1. The van der Waals surface area contributed by atoms with Gasteiger partial charge in [0.1, 0.15) is 5.82 Å². The van der Waals surface area contributed by atoms with Crippen molar-refractivity contribution < 1.29 is 9.72 Å². The fraction of sp³-hybridized carbons (Fsp3) is 0.214. The van der Waals surface area contributed by atoms with E-state index < -0.39 is 10.2 Å². The first-order valence-electron chi connectivity index (χ1n) is 6.68. The third-order valence-electron chi connectivity index (χ3n) is 2.85. The minimum atomic E-state index is -0.496. The van der Waals surface area contributed by atoms with Gasteiger partial charge in [-0.25, -0.2) is 9.97 Å². The number of nitrogens with two attached hydrogens (primary N) is 1. The van der Waals surface area contributed by atoms with Crippen molar-refractivity contribution in [1.82, 2.24) is 9.97 Å². The van der Waals surface area contributed by atoms with Crippen LogP contribution in [-0.4, -0.2) is 26.0 Å². The molecule has 0 saturated heterocycles. The van der Waals surface area contributed by atoms with Gasteiger partial charge >= 0.3 is 0 Å². The predicted octanol–water partition coefficient (Wildman–Crippen LogP) is 2.39. The largest absolute Gasteiger partial charge is 0.384 e. The SMILES string of the molecule is Cc1cc(N)nc(SC(C)C(=O)Nc2ccc([N+](=O)[O-])cc2)n1. The number of carbonyl (C=O) groups is 1. The van der Waals surface area contributed by atoms with Gasteiger partial charge in [-0.05, 0) is 26.0 Å². The van der Waals surface area contributed by atoms with Gasteiger partial charge in [-0.2, -0.15) is 0 Å². The van der Waals surface area contributed by atoms with Crippen LogP contribution in [0.15, 0.2) is 35.5 Å². The molecule has 1 aromatic heterocycles. The highest BCUT2D eigenvalue weighted by Gasteiger charge is 2.17. The summed E-state index contributed by atoms with van der Waals surface area (Å²) in [6.45, 7) is 3.51. The molecule has 23 heavy (non-hydrogen) atoms. The molecule has 1 unspecified atom stereocenters. The van der Waals surface area contributed by atoms with E-state index in [1.807, 2.05) is 0 Å². The summed E-state index contributed by atoms with van der Waals surface area (Å²) in [7, 11) is 0. The van der Waals surface area contributed by atoms with Gasteiger partial charge in [-0.3, -0.25) is 14.9 Å². The normalized spacial score (nSPS) is 11.7. The Morgan fingerprint density at radius 1 is 1.35 bits per heavy atom. The van der Waals surface area contributed by atoms with E-state index in [2.05, 4.69) is 15.3 Å². The lowest BCUT2D eigenvalue weighted by molar-refractivity contribution is -0.384. The standard InChI is InChI=1S/C14H15N5O3S/c1-8-7-12(15)18-14(16-8)23-9(2)13(20)17-10-3-5-11(6-4-10)19(21)22/h3-7,9H,1-2H3,(H,17,20)(H2,15,16,18). The van der Waals surface area contributed by atoms with E-state index in [1.54, 1.807) is 19.9 Å². The van der Waals surface area contributed by atoms with Gasteiger partial charge < -0.3 is 11.1 Å². The number of aromatic nitrogens is 2. The zero-order valence-corrected chi connectivity index (χ0v) is 13.3. The smallest absolute Gasteiger partial charge is 0.269 e. The Hall–Kier alpha value is -2.68. The van der Waals surface area contributed by atoms with Crippen LogP contribution in [0.4, 0.5) is 17.2 Å². The second-order valence-electron chi connectivity index (χ2n) is 4.77. The van der Waals surface area contributed by atoms with Crippen LogP contribution in [0.5, 0.6) is 0 Å². The first-order chi connectivity index (χ1) is 10.8. The maximum absolute atomic E-state index is 12.2. The topological polar surface area (TPSA) is 124 Å². The third-order valence-corrected chi connectivity index (χ3v) is 3.81. The number of carbonyl (C=O) groups excluding carboxylic acids is 1. The van der Waals surface area contributed by atoms with Crippen LogP contribution in [0.2, 0.25) is 0 Å². The summed E-state index contributed by atoms with van der Waals surface area (Å²) in [6.07, 6.45) is 0. The zero-order valence-electron chi connectivity index (χ0n) is 12.5. The maximum Gasteiger partial charge on any atom is 0.269 e. The minimum Gasteiger partial charge on any atom is -0.384 e. The van der Waals surface area contributed by atoms with Crippen molar-refractivity contribution in [3.8, 4) is 0 Å². The van der Waals surface area contributed by atoms with E-state index in [4.69, 9.17) is 5.73 Å². The second-order valence-corrected chi connectivity index (χ2v) is 6.08. The molecule has 8 nitrogen and oxygen atoms in total. The maximum atomic E-state index is 12.2. The van der Waals surface area contributed by atoms with E-state index in [-0.39, 0.29) is 11.6 Å². The lowest BCUT2D eigenvalue weighted by atomic mass is 10.3. The Labute approximate surface area is 136 Å². The molecule has 1 amide bonds. The highest BCUT2D eigenvalue weighted by atomic mass is 32.2. The molecule has 120 valence electrons. The Kier molecular flexibility index (Phi) is 5.12. The van der Waals surface area contributed by atoms with Gasteiger partial charge in [0.2, 0.25) is 5.91 Å². The number of amides is 1. The predicted molar refractivity (Wildman–Crippen MR) is 88.2 cm³/mol. The number of nitrogen functional groups attached to an aromatic ring is 1. The van der Waals surface area contributed by atoms with E-state index >= 15 is 0 Å². The van der Waals surface area contributed by atoms with Gasteiger partial charge in [-0.1, -0.05) is 11.8 Å². The quantitative estimate of drug-likeness (QED) is 0.372. The molecule has 9 heteroatoms. The summed E-state index contributed by atoms with van der Waals surface area (Å²) in [5, 5.41) is 13.3. The van der Waals surface area contributed by atoms with Gasteiger partial charge in [0, 0.05) is 29.6 Å². The van der Waals surface area contributed by atoms with Crippen molar-refractivity contribution in [2.24, 2.45) is 0 Å². The van der Waals surface area contributed by atoms with Crippen LogP contribution in [0, 0.1) is 17.0 Å². The number of non-ortho nitro benzene ring substituents is 1. The molecule has 1 aromatic carbocycles. The van der Waals surface area contributed by atoms with Gasteiger partial charge in [0.05, 0.1) is 10.2 Å². The zero-order chi connectivity index (χ0) is 17.0. The summed E-state index contributed by atoms with van der Waals surface area (Å²) in [4.78, 5) is 30.5. The number of nitro groups is 1. The van der Waals surface area contributed by atoms with Crippen molar-refractivity contribution in [3.63, 3.8) is 0 Å². The molecule has 1 heterocycles. The van der Waals surface area contributed by atoms with Crippen molar-refractivity contribution >= 4 is 34.9 Å². The van der Waals surface area contributed by atoms with Gasteiger partial charge in [0.25, 0.3) is 5.69 Å². The number of anilines is 2. The summed E-state index contributed by atoms with van der Waals surface area (Å²) >= 11 is 1.18. The number of hydrogen-bond acceptors (Lipinski definition) is 7. The summed E-state index contributed by atoms with van der Waals surface area (Å²) in [5.74, 6) is 0.0931. The van der Waals surface area contributed by atoms with Crippen LogP contribution in [0.1, 0.15) is 12.6 Å². The lowest BCUT2D eigenvalue weighted by Crippen LogP contribution is -2.22. The molecular formula is C14H15N5O3S. The van der Waals surface area contributed by atoms with E-state index in [9.17, 15) is 14.9 Å². The number of nitro benzene ring substituents is 1. The molecular weight excluding hydrogens is 318 g/mol. The summed E-state index contributed by atoms with van der Waals surface area (Å²) in [5.41, 5.74) is 6.83. The summed E-state index contributed by atoms with van der Waals surface area (Å²) in [6, 6.07) is 7.27. The fourth-order valence-corrected chi connectivity index (χ4v) is 2.58. The van der Waals surface area contributed by atoms with Crippen molar-refractivity contribution in [3.05, 3.63) is 46.1 Å². The molecule has 2 aromatic rings. The molecule has 0 aliphatic rings. The molecule has 2 rings (SSSR count). The first kappa shape index (κ1) is 16.7. The molecule has 0 aliphatic carbocycles.